The van der Waals surface area contributed by atoms with Gasteiger partial charge in [-0.2, -0.15) is 0 Å². The van der Waals surface area contributed by atoms with Gasteiger partial charge < -0.3 is 0 Å². The minimum atomic E-state index is -2.15. The molecule has 2 unspecified atom stereocenters. The van der Waals surface area contributed by atoms with Gasteiger partial charge in [0.25, 0.3) is 0 Å². The van der Waals surface area contributed by atoms with Crippen molar-refractivity contribution in [2.75, 3.05) is 25.7 Å². The maximum absolute atomic E-state index is 5.75. The third-order valence-electron chi connectivity index (χ3n) is 5.31. The molecule has 0 spiro atoms. The minimum absolute atomic E-state index is 1.28. The van der Waals surface area contributed by atoms with Crippen LogP contribution in [0.25, 0.3) is 0 Å². The van der Waals surface area contributed by atoms with Gasteiger partial charge >= 0.3 is 186 Å². The van der Waals surface area contributed by atoms with Crippen LogP contribution in [0, 0.1) is 0 Å². The molecule has 0 radical (unpaired) electrons. The van der Waals surface area contributed by atoms with E-state index in [4.69, 9.17) is 8.85 Å². The summed E-state index contributed by atoms with van der Waals surface area (Å²) in [5.74, 6) is 2.75. The first-order valence-corrected chi connectivity index (χ1v) is 31.4. The van der Waals surface area contributed by atoms with Gasteiger partial charge in [-0.25, -0.2) is 0 Å². The van der Waals surface area contributed by atoms with Crippen LogP contribution in [0.3, 0.4) is 0 Å². The first kappa shape index (κ1) is 29.3. The van der Waals surface area contributed by atoms with Crippen LogP contribution >= 0.6 is 26.7 Å². The van der Waals surface area contributed by atoms with Gasteiger partial charge in [-0.15, -0.1) is 0 Å². The maximum atomic E-state index is 5.75. The molecule has 0 heterocycles. The Kier molecular flexibility index (Phi) is 17.3. The quantitative estimate of drug-likeness (QED) is 0.0943. The van der Waals surface area contributed by atoms with Gasteiger partial charge in [-0.05, 0) is 0 Å². The van der Waals surface area contributed by atoms with Gasteiger partial charge in [0.05, 0.1) is 0 Å². The van der Waals surface area contributed by atoms with Crippen LogP contribution in [0.4, 0.5) is 0 Å². The van der Waals surface area contributed by atoms with Crippen LogP contribution in [0.15, 0.2) is 0 Å². The van der Waals surface area contributed by atoms with Gasteiger partial charge in [0, 0.05) is 0 Å². The molecule has 164 valence electrons. The van der Waals surface area contributed by atoms with E-state index in [1.807, 2.05) is 14.2 Å². The van der Waals surface area contributed by atoms with E-state index in [1.165, 1.54) is 62.1 Å². The van der Waals surface area contributed by atoms with Gasteiger partial charge in [0.1, 0.15) is 0 Å². The second-order valence-corrected chi connectivity index (χ2v) is 46.7. The summed E-state index contributed by atoms with van der Waals surface area (Å²) in [6, 6.07) is 2.60. The molecule has 0 aromatic rings. The van der Waals surface area contributed by atoms with Gasteiger partial charge in [0.15, 0.2) is 0 Å². The molecular formula is C19H47O2PS2Si2Sn. The van der Waals surface area contributed by atoms with Crippen molar-refractivity contribution >= 4 is 58.6 Å². The van der Waals surface area contributed by atoms with Crippen LogP contribution in [0.1, 0.15) is 52.4 Å². The average Bonchev–Trinajstić information content (AvgIpc) is 2.65. The van der Waals surface area contributed by atoms with E-state index in [9.17, 15) is 0 Å². The van der Waals surface area contributed by atoms with E-state index >= 15 is 0 Å². The summed E-state index contributed by atoms with van der Waals surface area (Å²) in [6.07, 6.45) is 8.31. The van der Waals surface area contributed by atoms with E-state index < -0.39 is 31.9 Å². The third kappa shape index (κ3) is 14.8. The Morgan fingerprint density at radius 2 is 1.26 bits per heavy atom. The van der Waals surface area contributed by atoms with Crippen molar-refractivity contribution in [2.45, 2.75) is 93.0 Å². The Bertz CT molecular complexity index is 344. The average molecular weight is 578 g/mol. The summed E-state index contributed by atoms with van der Waals surface area (Å²) in [4.78, 5) is 0. The molecule has 0 aromatic heterocycles. The predicted molar refractivity (Wildman–Crippen MR) is 142 cm³/mol. The zero-order chi connectivity index (χ0) is 20.8. The summed E-state index contributed by atoms with van der Waals surface area (Å²) in [6.45, 7) is 11.8. The summed E-state index contributed by atoms with van der Waals surface area (Å²) in [5, 5.41) is 0. The summed E-state index contributed by atoms with van der Waals surface area (Å²) in [5.41, 5.74) is 0. The Balaban J connectivity index is 4.73. The van der Waals surface area contributed by atoms with Crippen LogP contribution in [-0.2, 0) is 8.85 Å². The fourth-order valence-electron chi connectivity index (χ4n) is 2.99. The summed E-state index contributed by atoms with van der Waals surface area (Å²) >= 11 is -2.15. The molecule has 0 rings (SSSR count). The van der Waals surface area contributed by atoms with Crippen molar-refractivity contribution in [3.63, 3.8) is 0 Å². The second-order valence-electron chi connectivity index (χ2n) is 8.50. The van der Waals surface area contributed by atoms with Crippen molar-refractivity contribution in [1.29, 1.82) is 0 Å². The molecule has 2 nitrogen and oxygen atoms in total. The number of rotatable bonds is 18. The van der Waals surface area contributed by atoms with E-state index in [0.29, 0.717) is 0 Å². The predicted octanol–water partition coefficient (Wildman–Crippen LogP) is 7.72. The van der Waals surface area contributed by atoms with E-state index in [1.54, 1.807) is 8.87 Å². The Hall–Kier alpha value is 2.28. The molecule has 0 aliphatic rings. The normalized spacial score (nSPS) is 15.1. The zero-order valence-electron chi connectivity index (χ0n) is 19.2. The van der Waals surface area contributed by atoms with Crippen LogP contribution in [-0.4, -0.2) is 57.6 Å². The Morgan fingerprint density at radius 1 is 0.778 bits per heavy atom. The molecule has 0 aliphatic carbocycles. The Morgan fingerprint density at radius 3 is 1.67 bits per heavy atom. The summed E-state index contributed by atoms with van der Waals surface area (Å²) < 4.78 is 14.6. The van der Waals surface area contributed by atoms with Gasteiger partial charge in [0.2, 0.25) is 0 Å². The van der Waals surface area contributed by atoms with Crippen molar-refractivity contribution in [3.05, 3.63) is 0 Å². The first-order chi connectivity index (χ1) is 12.7. The molecule has 2 atom stereocenters. The first-order valence-electron chi connectivity index (χ1n) is 10.8. The molecule has 0 aromatic carbocycles. The molecule has 0 bridgehead atoms. The molecule has 0 saturated carbocycles. The second kappa shape index (κ2) is 16.0. The fraction of sp³-hybridized carbons (Fsp3) is 1.00. The standard InChI is InChI=1S/C6H16OSSi.C5H15OPSSi.2C4H9.Sn/c1-7-9(2,3)6-4-5-8;1-6-9(2,7)5-3-4-8;2*1-3-4-2;/h8H,4-6H2,1-3H3;8H,3-5,7H2,1-2H3;2*1,3-4H2,2H3;/q;;;;+2/p-2. The van der Waals surface area contributed by atoms with E-state index in [2.05, 4.69) is 60.2 Å². The molecule has 0 aliphatic heterocycles. The van der Waals surface area contributed by atoms with Crippen LogP contribution in [0.5, 0.6) is 0 Å². The molecule has 0 saturated heterocycles. The number of hydrogen-bond donors (Lipinski definition) is 0. The van der Waals surface area contributed by atoms with E-state index in [-0.39, 0.29) is 0 Å². The molecule has 0 fully saturated rings. The topological polar surface area (TPSA) is 18.5 Å². The monoisotopic (exact) mass is 578 g/mol. The number of hydrogen-bond acceptors (Lipinski definition) is 4. The zero-order valence-corrected chi connectivity index (χ0v) is 26.8. The molecular weight excluding hydrogens is 530 g/mol. The SMILES string of the molecule is CCC[CH2][Sn]([CH2]CCC)([S]CCC[Si](C)(C)OC)[S]CCC[Si](C)(P)OC. The third-order valence-corrected chi connectivity index (χ3v) is 43.0. The van der Waals surface area contributed by atoms with E-state index in [0.717, 1.165) is 0 Å². The summed E-state index contributed by atoms with van der Waals surface area (Å²) in [7, 11) is 8.90. The fourth-order valence-corrected chi connectivity index (χ4v) is 37.6. The molecule has 8 heteroatoms. The molecule has 0 N–H and O–H groups in total. The Labute approximate surface area is 184 Å². The van der Waals surface area contributed by atoms with Crippen molar-refractivity contribution in [3.8, 4) is 0 Å². The van der Waals surface area contributed by atoms with Crippen molar-refractivity contribution in [1.82, 2.24) is 0 Å². The van der Waals surface area contributed by atoms with Crippen LogP contribution in [0.2, 0.25) is 40.6 Å². The van der Waals surface area contributed by atoms with Gasteiger partial charge in [-0.1, -0.05) is 0 Å². The van der Waals surface area contributed by atoms with Gasteiger partial charge in [-0.3, -0.25) is 0 Å². The van der Waals surface area contributed by atoms with Crippen molar-refractivity contribution < 1.29 is 8.85 Å². The molecule has 27 heavy (non-hydrogen) atoms. The van der Waals surface area contributed by atoms with Crippen molar-refractivity contribution in [2.24, 2.45) is 0 Å². The van der Waals surface area contributed by atoms with Crippen LogP contribution < -0.4 is 0 Å². The number of unbranched alkanes of at least 4 members (excludes halogenated alkanes) is 2. The molecule has 0 amide bonds.